The molecule has 4 rings (SSSR count). The van der Waals surface area contributed by atoms with E-state index in [4.69, 9.17) is 0 Å². The minimum Gasteiger partial charge on any atom is -0.340 e. The first-order valence-electron chi connectivity index (χ1n) is 11.7. The summed E-state index contributed by atoms with van der Waals surface area (Å²) in [6.07, 6.45) is 6.59. The van der Waals surface area contributed by atoms with Crippen LogP contribution in [0.2, 0.25) is 0 Å². The van der Waals surface area contributed by atoms with Crippen LogP contribution in [0.4, 0.5) is 0 Å². The maximum absolute atomic E-state index is 13.1. The lowest BCUT2D eigenvalue weighted by Crippen LogP contribution is -2.50. The van der Waals surface area contributed by atoms with Crippen molar-refractivity contribution in [3.05, 3.63) is 47.3 Å². The Balaban J connectivity index is 1.31. The van der Waals surface area contributed by atoms with Gasteiger partial charge in [-0.2, -0.15) is 9.40 Å². The molecule has 32 heavy (non-hydrogen) atoms. The van der Waals surface area contributed by atoms with Gasteiger partial charge in [0, 0.05) is 44.8 Å². The first-order valence-corrected chi connectivity index (χ1v) is 13.2. The van der Waals surface area contributed by atoms with Crippen LogP contribution in [0, 0.1) is 13.8 Å². The Morgan fingerprint density at radius 3 is 2.25 bits per heavy atom. The molecule has 2 heterocycles. The van der Waals surface area contributed by atoms with Crippen LogP contribution in [0.1, 0.15) is 61.4 Å². The van der Waals surface area contributed by atoms with E-state index >= 15 is 0 Å². The minimum atomic E-state index is -3.54. The van der Waals surface area contributed by atoms with E-state index in [-0.39, 0.29) is 5.91 Å². The lowest BCUT2D eigenvalue weighted by Gasteiger charge is -2.34. The zero-order chi connectivity index (χ0) is 22.7. The summed E-state index contributed by atoms with van der Waals surface area (Å²) in [6.45, 7) is 5.98. The van der Waals surface area contributed by atoms with Gasteiger partial charge in [-0.25, -0.2) is 8.42 Å². The van der Waals surface area contributed by atoms with Crippen molar-refractivity contribution in [3.63, 3.8) is 0 Å². The number of sulfonamides is 1. The lowest BCUT2D eigenvalue weighted by molar-refractivity contribution is -0.132. The lowest BCUT2D eigenvalue weighted by atomic mass is 9.84. The topological polar surface area (TPSA) is 75.5 Å². The van der Waals surface area contributed by atoms with E-state index in [2.05, 4.69) is 5.10 Å². The van der Waals surface area contributed by atoms with Gasteiger partial charge in [-0.15, -0.1) is 0 Å². The Kier molecular flexibility index (Phi) is 7.00. The summed E-state index contributed by atoms with van der Waals surface area (Å²) in [7, 11) is -3.54. The molecule has 1 aromatic heterocycles. The van der Waals surface area contributed by atoms with Gasteiger partial charge in [0.1, 0.15) is 0 Å². The number of piperazine rings is 1. The molecule has 0 radical (unpaired) electrons. The number of rotatable bonds is 6. The van der Waals surface area contributed by atoms with E-state index in [0.29, 0.717) is 50.0 Å². The molecule has 2 aromatic rings. The summed E-state index contributed by atoms with van der Waals surface area (Å²) in [5.74, 6) is 0.607. The highest BCUT2D eigenvalue weighted by Gasteiger charge is 2.30. The van der Waals surface area contributed by atoms with Crippen molar-refractivity contribution in [1.29, 1.82) is 0 Å². The van der Waals surface area contributed by atoms with Crippen LogP contribution in [0.3, 0.4) is 0 Å². The second-order valence-electron chi connectivity index (χ2n) is 9.09. The van der Waals surface area contributed by atoms with Gasteiger partial charge >= 0.3 is 0 Å². The summed E-state index contributed by atoms with van der Waals surface area (Å²) in [5.41, 5.74) is 3.24. The number of carbonyl (C=O) groups excluding carboxylic acids is 1. The van der Waals surface area contributed by atoms with E-state index in [0.717, 1.165) is 11.4 Å². The zero-order valence-electron chi connectivity index (χ0n) is 19.2. The number of hydrogen-bond donors (Lipinski definition) is 0. The maximum Gasteiger partial charge on any atom is 0.243 e. The van der Waals surface area contributed by atoms with Crippen LogP contribution in [-0.2, 0) is 21.4 Å². The van der Waals surface area contributed by atoms with Crippen molar-refractivity contribution in [3.8, 4) is 0 Å². The SMILES string of the molecule is Cc1cc(C)n(CCC(=O)N2CCN(S(=O)(=O)c3ccc(C4CCCCC4)cc3)CC2)n1. The Labute approximate surface area is 191 Å². The van der Waals surface area contributed by atoms with E-state index in [9.17, 15) is 13.2 Å². The quantitative estimate of drug-likeness (QED) is 0.664. The molecule has 1 aliphatic carbocycles. The zero-order valence-corrected chi connectivity index (χ0v) is 20.0. The van der Waals surface area contributed by atoms with Crippen LogP contribution < -0.4 is 0 Å². The molecule has 0 spiro atoms. The monoisotopic (exact) mass is 458 g/mol. The minimum absolute atomic E-state index is 0.0476. The summed E-state index contributed by atoms with van der Waals surface area (Å²) >= 11 is 0. The second kappa shape index (κ2) is 9.75. The van der Waals surface area contributed by atoms with Gasteiger partial charge in [-0.05, 0) is 56.4 Å². The molecule has 2 aliphatic rings. The molecule has 0 bridgehead atoms. The predicted octanol–water partition coefficient (Wildman–Crippen LogP) is 3.47. The smallest absolute Gasteiger partial charge is 0.243 e. The van der Waals surface area contributed by atoms with Gasteiger partial charge in [0.05, 0.1) is 10.6 Å². The molecule has 1 saturated heterocycles. The van der Waals surface area contributed by atoms with Crippen LogP contribution in [0.15, 0.2) is 35.2 Å². The van der Waals surface area contributed by atoms with Crippen LogP contribution in [0.25, 0.3) is 0 Å². The Bertz CT molecular complexity index is 1030. The van der Waals surface area contributed by atoms with E-state index in [1.807, 2.05) is 36.7 Å². The number of hydrogen-bond acceptors (Lipinski definition) is 4. The molecule has 1 aliphatic heterocycles. The number of nitrogens with zero attached hydrogens (tertiary/aromatic N) is 4. The molecule has 7 nitrogen and oxygen atoms in total. The van der Waals surface area contributed by atoms with Gasteiger partial charge in [-0.3, -0.25) is 9.48 Å². The molecule has 0 N–H and O–H groups in total. The largest absolute Gasteiger partial charge is 0.340 e. The van der Waals surface area contributed by atoms with E-state index in [1.165, 1.54) is 42.0 Å². The summed E-state index contributed by atoms with van der Waals surface area (Å²) in [5, 5.41) is 4.40. The third kappa shape index (κ3) is 5.07. The molecule has 174 valence electrons. The Morgan fingerprint density at radius 1 is 1.00 bits per heavy atom. The molecular formula is C24H34N4O3S. The van der Waals surface area contributed by atoms with Crippen molar-refractivity contribution in [2.24, 2.45) is 0 Å². The molecule has 8 heteroatoms. The highest BCUT2D eigenvalue weighted by Crippen LogP contribution is 2.33. The van der Waals surface area contributed by atoms with Gasteiger partial charge < -0.3 is 4.90 Å². The van der Waals surface area contributed by atoms with Crippen molar-refractivity contribution in [1.82, 2.24) is 19.0 Å². The van der Waals surface area contributed by atoms with Crippen LogP contribution in [-0.4, -0.2) is 59.5 Å². The number of carbonyl (C=O) groups is 1. The van der Waals surface area contributed by atoms with E-state index in [1.54, 1.807) is 17.0 Å². The van der Waals surface area contributed by atoms with Gasteiger partial charge in [0.25, 0.3) is 0 Å². The molecule has 1 saturated carbocycles. The number of aryl methyl sites for hydroxylation is 3. The number of aromatic nitrogens is 2. The van der Waals surface area contributed by atoms with Crippen molar-refractivity contribution < 1.29 is 13.2 Å². The molecule has 1 aromatic carbocycles. The summed E-state index contributed by atoms with van der Waals surface area (Å²) < 4.78 is 29.6. The van der Waals surface area contributed by atoms with Gasteiger partial charge in [0.15, 0.2) is 0 Å². The maximum atomic E-state index is 13.1. The number of amides is 1. The van der Waals surface area contributed by atoms with Crippen LogP contribution in [0.5, 0.6) is 0 Å². The second-order valence-corrected chi connectivity index (χ2v) is 11.0. The average Bonchev–Trinajstić information content (AvgIpc) is 3.15. The summed E-state index contributed by atoms with van der Waals surface area (Å²) in [4.78, 5) is 14.7. The molecule has 2 fully saturated rings. The fourth-order valence-corrected chi connectivity index (χ4v) is 6.36. The normalized spacial score (nSPS) is 18.8. The van der Waals surface area contributed by atoms with Crippen molar-refractivity contribution >= 4 is 15.9 Å². The first kappa shape index (κ1) is 23.0. The third-order valence-corrected chi connectivity index (χ3v) is 8.74. The Hall–Kier alpha value is -2.19. The van der Waals surface area contributed by atoms with E-state index < -0.39 is 10.0 Å². The average molecular weight is 459 g/mol. The van der Waals surface area contributed by atoms with Gasteiger partial charge in [0.2, 0.25) is 15.9 Å². The molecule has 0 unspecified atom stereocenters. The van der Waals surface area contributed by atoms with Crippen LogP contribution >= 0.6 is 0 Å². The molecule has 0 atom stereocenters. The fourth-order valence-electron chi connectivity index (χ4n) is 4.94. The highest BCUT2D eigenvalue weighted by atomic mass is 32.2. The van der Waals surface area contributed by atoms with Crippen molar-refractivity contribution in [2.45, 2.75) is 69.7 Å². The summed E-state index contributed by atoms with van der Waals surface area (Å²) in [6, 6.07) is 9.48. The first-order chi connectivity index (χ1) is 15.3. The predicted molar refractivity (Wildman–Crippen MR) is 124 cm³/mol. The Morgan fingerprint density at radius 2 is 1.66 bits per heavy atom. The van der Waals surface area contributed by atoms with Crippen molar-refractivity contribution in [2.75, 3.05) is 26.2 Å². The highest BCUT2D eigenvalue weighted by molar-refractivity contribution is 7.89. The number of benzene rings is 1. The fraction of sp³-hybridized carbons (Fsp3) is 0.583. The third-order valence-electron chi connectivity index (χ3n) is 6.83. The van der Waals surface area contributed by atoms with Gasteiger partial charge in [-0.1, -0.05) is 31.4 Å². The standard InChI is InChI=1S/C24H34N4O3S/c1-19-18-20(2)28(25-19)13-12-24(29)26-14-16-27(17-15-26)32(30,31)23-10-8-22(9-11-23)21-6-4-3-5-7-21/h8-11,18,21H,3-7,12-17H2,1-2H3. The molecule has 1 amide bonds. The molecular weight excluding hydrogens is 424 g/mol.